The molecule has 0 bridgehead atoms. The first-order valence-corrected chi connectivity index (χ1v) is 6.44. The lowest BCUT2D eigenvalue weighted by Gasteiger charge is -2.14. The lowest BCUT2D eigenvalue weighted by molar-refractivity contribution is -0.155. The third kappa shape index (κ3) is 7.77. The van der Waals surface area contributed by atoms with Gasteiger partial charge in [0.25, 0.3) is 0 Å². The van der Waals surface area contributed by atoms with Gasteiger partial charge in [0.15, 0.2) is 5.92 Å². The maximum absolute atomic E-state index is 10.7. The van der Waals surface area contributed by atoms with E-state index in [4.69, 9.17) is 10.2 Å². The van der Waals surface area contributed by atoms with E-state index in [1.165, 1.54) is 19.3 Å². The van der Waals surface area contributed by atoms with Crippen LogP contribution in [0.15, 0.2) is 0 Å². The fraction of sp³-hybridized carbons (Fsp3) is 0.846. The Kier molecular flexibility index (Phi) is 8.46. The van der Waals surface area contributed by atoms with Crippen molar-refractivity contribution in [1.82, 2.24) is 0 Å². The number of rotatable bonds is 10. The van der Waals surface area contributed by atoms with Gasteiger partial charge in [-0.2, -0.15) is 0 Å². The zero-order valence-corrected chi connectivity index (χ0v) is 10.8. The highest BCUT2D eigenvalue weighted by Gasteiger charge is 2.27. The lowest BCUT2D eigenvalue weighted by atomic mass is 9.91. The third-order valence-corrected chi connectivity index (χ3v) is 3.03. The molecule has 0 radical (unpaired) electrons. The predicted molar refractivity (Wildman–Crippen MR) is 65.9 cm³/mol. The number of hydrogen-bond donors (Lipinski definition) is 2. The van der Waals surface area contributed by atoms with Crippen molar-refractivity contribution < 1.29 is 19.8 Å². The molecule has 0 aromatic heterocycles. The Hall–Kier alpha value is -1.06. The van der Waals surface area contributed by atoms with Gasteiger partial charge in [0.05, 0.1) is 0 Å². The molecule has 0 aliphatic heterocycles. The van der Waals surface area contributed by atoms with Crippen LogP contribution in [0, 0.1) is 11.8 Å². The van der Waals surface area contributed by atoms with Crippen LogP contribution in [0.25, 0.3) is 0 Å². The van der Waals surface area contributed by atoms with E-state index in [9.17, 15) is 9.59 Å². The van der Waals surface area contributed by atoms with Gasteiger partial charge in [-0.25, -0.2) is 0 Å². The van der Waals surface area contributed by atoms with E-state index in [1.54, 1.807) is 0 Å². The summed E-state index contributed by atoms with van der Waals surface area (Å²) in [6.07, 6.45) is 7.02. The van der Waals surface area contributed by atoms with Gasteiger partial charge in [-0.1, -0.05) is 52.4 Å². The molecule has 0 aliphatic carbocycles. The quantitative estimate of drug-likeness (QED) is 0.457. The van der Waals surface area contributed by atoms with Gasteiger partial charge in [-0.05, 0) is 12.3 Å². The smallest absolute Gasteiger partial charge is 0.317 e. The summed E-state index contributed by atoms with van der Waals surface area (Å²) >= 11 is 0. The molecule has 1 unspecified atom stereocenters. The average Bonchev–Trinajstić information content (AvgIpc) is 2.24. The Bertz CT molecular complexity index is 224. The second kappa shape index (κ2) is 9.02. The molecule has 0 amide bonds. The van der Waals surface area contributed by atoms with Crippen LogP contribution in [0.1, 0.15) is 58.8 Å². The minimum absolute atomic E-state index is 0.161. The van der Waals surface area contributed by atoms with Gasteiger partial charge in [0, 0.05) is 0 Å². The summed E-state index contributed by atoms with van der Waals surface area (Å²) in [6.45, 7) is 4.09. The van der Waals surface area contributed by atoms with Gasteiger partial charge in [0.2, 0.25) is 0 Å². The summed E-state index contributed by atoms with van der Waals surface area (Å²) in [5.74, 6) is -3.54. The van der Waals surface area contributed by atoms with E-state index in [0.717, 1.165) is 19.3 Å². The molecule has 4 heteroatoms. The first-order valence-electron chi connectivity index (χ1n) is 6.44. The number of aliphatic carboxylic acids is 2. The number of carbonyl (C=O) groups is 2. The van der Waals surface area contributed by atoms with Crippen molar-refractivity contribution in [1.29, 1.82) is 0 Å². The number of unbranched alkanes of at least 4 members (excludes halogenated alkanes) is 4. The summed E-state index contributed by atoms with van der Waals surface area (Å²) in [5.41, 5.74) is 0. The van der Waals surface area contributed by atoms with E-state index < -0.39 is 17.9 Å². The summed E-state index contributed by atoms with van der Waals surface area (Å²) in [4.78, 5) is 21.4. The molecule has 0 rings (SSSR count). The Morgan fingerprint density at radius 1 is 1.00 bits per heavy atom. The van der Waals surface area contributed by atoms with Gasteiger partial charge < -0.3 is 10.2 Å². The lowest BCUT2D eigenvalue weighted by Crippen LogP contribution is -2.25. The van der Waals surface area contributed by atoms with E-state index >= 15 is 0 Å². The van der Waals surface area contributed by atoms with Crippen molar-refractivity contribution in [2.75, 3.05) is 0 Å². The van der Waals surface area contributed by atoms with E-state index in [-0.39, 0.29) is 12.3 Å². The molecule has 0 saturated carbocycles. The number of carboxylic acids is 2. The molecule has 1 atom stereocenters. The van der Waals surface area contributed by atoms with Gasteiger partial charge in [-0.3, -0.25) is 9.59 Å². The van der Waals surface area contributed by atoms with Crippen LogP contribution in [0.2, 0.25) is 0 Å². The van der Waals surface area contributed by atoms with Crippen molar-refractivity contribution in [3.63, 3.8) is 0 Å². The Morgan fingerprint density at radius 3 is 2.00 bits per heavy atom. The fourth-order valence-electron chi connectivity index (χ4n) is 1.92. The highest BCUT2D eigenvalue weighted by Crippen LogP contribution is 2.19. The molecule has 0 fully saturated rings. The second-order valence-corrected chi connectivity index (χ2v) is 4.77. The summed E-state index contributed by atoms with van der Waals surface area (Å²) in [5, 5.41) is 17.5. The molecule has 100 valence electrons. The van der Waals surface area contributed by atoms with Gasteiger partial charge in [0.1, 0.15) is 0 Å². The van der Waals surface area contributed by atoms with Crippen LogP contribution in [0.5, 0.6) is 0 Å². The first kappa shape index (κ1) is 15.9. The highest BCUT2D eigenvalue weighted by molar-refractivity contribution is 5.92. The maximum Gasteiger partial charge on any atom is 0.317 e. The molecule has 4 nitrogen and oxygen atoms in total. The minimum Gasteiger partial charge on any atom is -0.481 e. The second-order valence-electron chi connectivity index (χ2n) is 4.77. The maximum atomic E-state index is 10.7. The summed E-state index contributed by atoms with van der Waals surface area (Å²) in [6, 6.07) is 0. The van der Waals surface area contributed by atoms with Crippen LogP contribution >= 0.6 is 0 Å². The van der Waals surface area contributed by atoms with Crippen LogP contribution in [0.4, 0.5) is 0 Å². The molecular formula is C13H24O4. The van der Waals surface area contributed by atoms with Gasteiger partial charge in [-0.15, -0.1) is 0 Å². The molecule has 0 aromatic rings. The molecule has 0 aromatic carbocycles. The van der Waals surface area contributed by atoms with Crippen LogP contribution in [-0.2, 0) is 9.59 Å². The molecule has 0 spiro atoms. The van der Waals surface area contributed by atoms with Gasteiger partial charge >= 0.3 is 11.9 Å². The van der Waals surface area contributed by atoms with Crippen molar-refractivity contribution in [3.8, 4) is 0 Å². The Balaban J connectivity index is 3.79. The molecule has 0 saturated heterocycles. The van der Waals surface area contributed by atoms with Crippen LogP contribution in [0.3, 0.4) is 0 Å². The van der Waals surface area contributed by atoms with Crippen molar-refractivity contribution in [2.45, 2.75) is 58.8 Å². The zero-order valence-electron chi connectivity index (χ0n) is 10.8. The number of carboxylic acid groups (broad SMARTS) is 2. The highest BCUT2D eigenvalue weighted by atomic mass is 16.4. The van der Waals surface area contributed by atoms with Crippen LogP contribution in [-0.4, -0.2) is 22.2 Å². The van der Waals surface area contributed by atoms with E-state index in [0.29, 0.717) is 0 Å². The molecule has 2 N–H and O–H groups in total. The molecule has 0 heterocycles. The third-order valence-electron chi connectivity index (χ3n) is 3.03. The normalized spacial score (nSPS) is 12.6. The zero-order chi connectivity index (χ0) is 13.3. The average molecular weight is 244 g/mol. The summed E-state index contributed by atoms with van der Waals surface area (Å²) < 4.78 is 0. The van der Waals surface area contributed by atoms with Crippen molar-refractivity contribution >= 4 is 11.9 Å². The standard InChI is InChI=1S/C13H24O4/c1-3-4-5-6-7-8-10(2)9-11(12(14)15)13(16)17/h10-11H,3-9H2,1-2H3,(H,14,15)(H,16,17). The van der Waals surface area contributed by atoms with Crippen molar-refractivity contribution in [3.05, 3.63) is 0 Å². The van der Waals surface area contributed by atoms with Crippen LogP contribution < -0.4 is 0 Å². The topological polar surface area (TPSA) is 74.6 Å². The molecule has 0 aliphatic rings. The predicted octanol–water partition coefficient (Wildman–Crippen LogP) is 3.16. The van der Waals surface area contributed by atoms with E-state index in [1.807, 2.05) is 6.92 Å². The molecule has 17 heavy (non-hydrogen) atoms. The summed E-state index contributed by atoms with van der Waals surface area (Å²) in [7, 11) is 0. The van der Waals surface area contributed by atoms with E-state index in [2.05, 4.69) is 6.92 Å². The molecular weight excluding hydrogens is 220 g/mol. The SMILES string of the molecule is CCCCCCCC(C)CC(C(=O)O)C(=O)O. The first-order chi connectivity index (χ1) is 7.99. The fourth-order valence-corrected chi connectivity index (χ4v) is 1.92. The monoisotopic (exact) mass is 244 g/mol. The number of hydrogen-bond acceptors (Lipinski definition) is 2. The van der Waals surface area contributed by atoms with Crippen molar-refractivity contribution in [2.24, 2.45) is 11.8 Å². The Morgan fingerprint density at radius 2 is 1.53 bits per heavy atom. The largest absolute Gasteiger partial charge is 0.481 e. The minimum atomic E-state index is -1.25. The Labute approximate surface area is 103 Å².